The molecule has 1 aliphatic rings. The number of hydrogen-bond donors (Lipinski definition) is 1. The first-order valence-corrected chi connectivity index (χ1v) is 11.9. The van der Waals surface area contributed by atoms with Crippen molar-refractivity contribution in [1.29, 1.82) is 0 Å². The number of benzene rings is 2. The first-order chi connectivity index (χ1) is 15.4. The minimum atomic E-state index is -0.213. The van der Waals surface area contributed by atoms with Gasteiger partial charge in [0.2, 0.25) is 0 Å². The molecule has 0 unspecified atom stereocenters. The van der Waals surface area contributed by atoms with Crippen LogP contribution in [0.4, 0.5) is 4.39 Å². The first-order valence-electron chi connectivity index (χ1n) is 11.9. The van der Waals surface area contributed by atoms with Crippen molar-refractivity contribution < 1.29 is 4.39 Å². The normalized spacial score (nSPS) is 15.9. The SMILES string of the molecule is Cc1c(C)n(CCCC2CCN(C)CC2)c2ccc(-c3nc4c(C)c(F)ccc4[nH]3)cc12. The number of halogens is 1. The lowest BCUT2D eigenvalue weighted by Crippen LogP contribution is -2.30. The van der Waals surface area contributed by atoms with E-state index in [1.807, 2.05) is 0 Å². The lowest BCUT2D eigenvalue weighted by Gasteiger charge is -2.29. The van der Waals surface area contributed by atoms with Gasteiger partial charge in [-0.3, -0.25) is 0 Å². The average molecular weight is 433 g/mol. The Balaban J connectivity index is 1.40. The number of aromatic amines is 1. The van der Waals surface area contributed by atoms with E-state index in [4.69, 9.17) is 4.98 Å². The van der Waals surface area contributed by atoms with Gasteiger partial charge >= 0.3 is 0 Å². The molecular formula is C27H33FN4. The maximum Gasteiger partial charge on any atom is 0.138 e. The molecule has 1 aliphatic heterocycles. The summed E-state index contributed by atoms with van der Waals surface area (Å²) < 4.78 is 16.4. The van der Waals surface area contributed by atoms with Crippen molar-refractivity contribution in [2.45, 2.75) is 53.0 Å². The maximum absolute atomic E-state index is 13.9. The molecule has 168 valence electrons. The van der Waals surface area contributed by atoms with Crippen molar-refractivity contribution >= 4 is 21.9 Å². The third kappa shape index (κ3) is 3.73. The van der Waals surface area contributed by atoms with Gasteiger partial charge in [-0.05, 0) is 108 Å². The fourth-order valence-electron chi connectivity index (χ4n) is 5.30. The fourth-order valence-corrected chi connectivity index (χ4v) is 5.30. The number of likely N-dealkylation sites (tertiary alicyclic amines) is 1. The summed E-state index contributed by atoms with van der Waals surface area (Å²) in [4.78, 5) is 10.5. The molecule has 0 spiro atoms. The molecule has 4 aromatic rings. The van der Waals surface area contributed by atoms with E-state index in [-0.39, 0.29) is 5.82 Å². The molecule has 1 saturated heterocycles. The molecule has 4 nitrogen and oxygen atoms in total. The number of piperidine rings is 1. The summed E-state index contributed by atoms with van der Waals surface area (Å²) in [5.74, 6) is 1.46. The van der Waals surface area contributed by atoms with Gasteiger partial charge in [0, 0.05) is 34.3 Å². The summed E-state index contributed by atoms with van der Waals surface area (Å²) in [6, 6.07) is 9.86. The number of imidazole rings is 1. The van der Waals surface area contributed by atoms with Crippen LogP contribution in [0.15, 0.2) is 30.3 Å². The van der Waals surface area contributed by atoms with E-state index < -0.39 is 0 Å². The van der Waals surface area contributed by atoms with Crippen molar-refractivity contribution in [1.82, 2.24) is 19.4 Å². The molecule has 2 aromatic carbocycles. The summed E-state index contributed by atoms with van der Waals surface area (Å²) >= 11 is 0. The monoisotopic (exact) mass is 432 g/mol. The van der Waals surface area contributed by atoms with Gasteiger partial charge in [-0.1, -0.05) is 0 Å². The standard InChI is InChI=1S/C27H33FN4/c1-17-19(3)32(13-5-6-20-11-14-31(4)15-12-20)25-10-7-21(16-22(17)25)27-29-24-9-8-23(28)18(2)26(24)30-27/h7-10,16,20H,5-6,11-15H2,1-4H3,(H,29,30). The third-order valence-electron chi connectivity index (χ3n) is 7.59. The van der Waals surface area contributed by atoms with Gasteiger partial charge < -0.3 is 14.5 Å². The fraction of sp³-hybridized carbons (Fsp3) is 0.444. The van der Waals surface area contributed by atoms with Gasteiger partial charge in [-0.2, -0.15) is 0 Å². The van der Waals surface area contributed by atoms with Crippen LogP contribution in [0.5, 0.6) is 0 Å². The molecule has 5 rings (SSSR count). The molecule has 0 atom stereocenters. The Labute approximate surface area is 189 Å². The minimum Gasteiger partial charge on any atom is -0.345 e. The predicted molar refractivity (Wildman–Crippen MR) is 131 cm³/mol. The second-order valence-electron chi connectivity index (χ2n) is 9.64. The summed E-state index contributed by atoms with van der Waals surface area (Å²) in [6.07, 6.45) is 5.23. The van der Waals surface area contributed by atoms with Crippen molar-refractivity contribution in [2.75, 3.05) is 20.1 Å². The Morgan fingerprint density at radius 1 is 1.06 bits per heavy atom. The number of aryl methyl sites for hydroxylation is 3. The van der Waals surface area contributed by atoms with Crippen LogP contribution in [0.25, 0.3) is 33.3 Å². The molecule has 0 bridgehead atoms. The molecule has 5 heteroatoms. The zero-order chi connectivity index (χ0) is 22.4. The summed E-state index contributed by atoms with van der Waals surface area (Å²) in [5, 5.41) is 1.28. The quantitative estimate of drug-likeness (QED) is 0.398. The first kappa shape index (κ1) is 21.2. The van der Waals surface area contributed by atoms with Crippen LogP contribution in [0.1, 0.15) is 42.5 Å². The van der Waals surface area contributed by atoms with E-state index in [1.54, 1.807) is 13.0 Å². The molecule has 2 aromatic heterocycles. The van der Waals surface area contributed by atoms with E-state index in [1.165, 1.54) is 67.0 Å². The van der Waals surface area contributed by atoms with E-state index in [0.29, 0.717) is 11.1 Å². The Bertz CT molecular complexity index is 1270. The van der Waals surface area contributed by atoms with Crippen LogP contribution in [-0.2, 0) is 6.54 Å². The zero-order valence-electron chi connectivity index (χ0n) is 19.6. The average Bonchev–Trinajstić information content (AvgIpc) is 3.33. The van der Waals surface area contributed by atoms with Crippen molar-refractivity contribution in [2.24, 2.45) is 5.92 Å². The van der Waals surface area contributed by atoms with Crippen LogP contribution in [-0.4, -0.2) is 39.6 Å². The van der Waals surface area contributed by atoms with Crippen LogP contribution in [0.2, 0.25) is 0 Å². The summed E-state index contributed by atoms with van der Waals surface area (Å²) in [6.45, 7) is 9.79. The highest BCUT2D eigenvalue weighted by atomic mass is 19.1. The van der Waals surface area contributed by atoms with Crippen LogP contribution < -0.4 is 0 Å². The Hall–Kier alpha value is -2.66. The van der Waals surface area contributed by atoms with E-state index in [0.717, 1.165) is 29.4 Å². The molecular weight excluding hydrogens is 399 g/mol. The number of fused-ring (bicyclic) bond motifs is 2. The maximum atomic E-state index is 13.9. The molecule has 0 aliphatic carbocycles. The molecule has 0 amide bonds. The second kappa shape index (κ2) is 8.36. The molecule has 32 heavy (non-hydrogen) atoms. The van der Waals surface area contributed by atoms with Crippen molar-refractivity contribution in [3.63, 3.8) is 0 Å². The van der Waals surface area contributed by atoms with Crippen molar-refractivity contribution in [3.05, 3.63) is 53.0 Å². The van der Waals surface area contributed by atoms with Gasteiger partial charge in [0.15, 0.2) is 0 Å². The largest absolute Gasteiger partial charge is 0.345 e. The van der Waals surface area contributed by atoms with E-state index in [9.17, 15) is 4.39 Å². The minimum absolute atomic E-state index is 0.213. The van der Waals surface area contributed by atoms with Gasteiger partial charge in [-0.15, -0.1) is 0 Å². The Morgan fingerprint density at radius 2 is 1.84 bits per heavy atom. The van der Waals surface area contributed by atoms with Gasteiger partial charge in [0.05, 0.1) is 11.0 Å². The van der Waals surface area contributed by atoms with E-state index >= 15 is 0 Å². The number of H-pyrrole nitrogens is 1. The van der Waals surface area contributed by atoms with Gasteiger partial charge in [-0.25, -0.2) is 9.37 Å². The summed E-state index contributed by atoms with van der Waals surface area (Å²) in [7, 11) is 2.23. The van der Waals surface area contributed by atoms with Crippen LogP contribution >= 0.6 is 0 Å². The number of nitrogens with one attached hydrogen (secondary N) is 1. The highest BCUT2D eigenvalue weighted by Crippen LogP contribution is 2.31. The zero-order valence-corrected chi connectivity index (χ0v) is 19.6. The topological polar surface area (TPSA) is 36.9 Å². The summed E-state index contributed by atoms with van der Waals surface area (Å²) in [5.41, 5.74) is 7.19. The Kier molecular flexibility index (Phi) is 5.54. The number of aromatic nitrogens is 3. The molecule has 3 heterocycles. The van der Waals surface area contributed by atoms with E-state index in [2.05, 4.69) is 53.5 Å². The highest BCUT2D eigenvalue weighted by molar-refractivity contribution is 5.90. The van der Waals surface area contributed by atoms with Crippen LogP contribution in [0.3, 0.4) is 0 Å². The van der Waals surface area contributed by atoms with Gasteiger partial charge in [0.1, 0.15) is 11.6 Å². The lowest BCUT2D eigenvalue weighted by molar-refractivity contribution is 0.209. The molecule has 0 saturated carbocycles. The number of hydrogen-bond acceptors (Lipinski definition) is 2. The number of nitrogens with zero attached hydrogens (tertiary/aromatic N) is 3. The van der Waals surface area contributed by atoms with Crippen LogP contribution in [0, 0.1) is 32.5 Å². The molecule has 1 fully saturated rings. The molecule has 1 N–H and O–H groups in total. The highest BCUT2D eigenvalue weighted by Gasteiger charge is 2.18. The smallest absolute Gasteiger partial charge is 0.138 e. The van der Waals surface area contributed by atoms with Gasteiger partial charge in [0.25, 0.3) is 0 Å². The molecule has 0 radical (unpaired) electrons. The van der Waals surface area contributed by atoms with Crippen molar-refractivity contribution in [3.8, 4) is 11.4 Å². The third-order valence-corrected chi connectivity index (χ3v) is 7.59. The predicted octanol–water partition coefficient (Wildman–Crippen LogP) is 6.37. The Morgan fingerprint density at radius 3 is 2.62 bits per heavy atom. The lowest BCUT2D eigenvalue weighted by atomic mass is 9.92. The number of rotatable bonds is 5. The second-order valence-corrected chi connectivity index (χ2v) is 9.64.